The Morgan fingerprint density at radius 2 is 1.59 bits per heavy atom. The van der Waals surface area contributed by atoms with Crippen LogP contribution in [-0.2, 0) is 0 Å². The summed E-state index contributed by atoms with van der Waals surface area (Å²) in [4.78, 5) is 51.9. The number of nitrogens with one attached hydrogen (secondary N) is 2. The number of imide groups is 1. The van der Waals surface area contributed by atoms with E-state index in [-0.39, 0.29) is 28.8 Å². The molecule has 4 amide bonds. The maximum atomic E-state index is 12.8. The fraction of sp³-hybridized carbons (Fsp3) is 0.167. The highest BCUT2D eigenvalue weighted by Crippen LogP contribution is 2.25. The summed E-state index contributed by atoms with van der Waals surface area (Å²) in [7, 11) is 0. The molecule has 2 N–H and O–H groups in total. The monoisotopic (exact) mass is 447 g/mol. The SMILES string of the molecule is CCCCN1C(=O)c2ccc(C(=O)Nc3cccc(NC(=O)c4cccs4)c3)cc2C1=O. The summed E-state index contributed by atoms with van der Waals surface area (Å²) in [5.74, 6) is -1.33. The molecule has 162 valence electrons. The van der Waals surface area contributed by atoms with Crippen LogP contribution in [0.2, 0.25) is 0 Å². The Morgan fingerprint density at radius 1 is 0.875 bits per heavy atom. The quantitative estimate of drug-likeness (QED) is 0.516. The van der Waals surface area contributed by atoms with Crippen LogP contribution in [0.3, 0.4) is 0 Å². The number of nitrogens with zero attached hydrogens (tertiary/aromatic N) is 1. The van der Waals surface area contributed by atoms with Gasteiger partial charge in [-0.05, 0) is 54.3 Å². The van der Waals surface area contributed by atoms with Crippen molar-refractivity contribution >= 4 is 46.3 Å². The first-order valence-corrected chi connectivity index (χ1v) is 11.1. The first kappa shape index (κ1) is 21.5. The van der Waals surface area contributed by atoms with E-state index in [2.05, 4.69) is 10.6 Å². The minimum Gasteiger partial charge on any atom is -0.322 e. The van der Waals surface area contributed by atoms with Gasteiger partial charge in [0.15, 0.2) is 0 Å². The Kier molecular flexibility index (Phi) is 6.13. The minimum absolute atomic E-state index is 0.224. The van der Waals surface area contributed by atoms with E-state index in [0.717, 1.165) is 12.8 Å². The number of benzene rings is 2. The largest absolute Gasteiger partial charge is 0.322 e. The third-order valence-electron chi connectivity index (χ3n) is 5.09. The first-order chi connectivity index (χ1) is 15.5. The summed E-state index contributed by atoms with van der Waals surface area (Å²) in [6.07, 6.45) is 1.60. The second-order valence-corrected chi connectivity index (χ2v) is 8.29. The number of unbranched alkanes of at least 4 members (excludes halogenated alkanes) is 1. The highest BCUT2D eigenvalue weighted by atomic mass is 32.1. The van der Waals surface area contributed by atoms with Crippen molar-refractivity contribution in [3.63, 3.8) is 0 Å². The summed E-state index contributed by atoms with van der Waals surface area (Å²) in [5, 5.41) is 7.39. The van der Waals surface area contributed by atoms with Gasteiger partial charge in [-0.2, -0.15) is 0 Å². The van der Waals surface area contributed by atoms with E-state index in [4.69, 9.17) is 0 Å². The Labute approximate surface area is 189 Å². The Morgan fingerprint density at radius 3 is 2.28 bits per heavy atom. The van der Waals surface area contributed by atoms with Gasteiger partial charge in [0.25, 0.3) is 23.6 Å². The molecule has 1 aliphatic rings. The zero-order valence-electron chi connectivity index (χ0n) is 17.4. The Balaban J connectivity index is 1.47. The van der Waals surface area contributed by atoms with Gasteiger partial charge in [-0.15, -0.1) is 11.3 Å². The molecule has 0 spiro atoms. The van der Waals surface area contributed by atoms with Gasteiger partial charge in [0, 0.05) is 23.5 Å². The topological polar surface area (TPSA) is 95.6 Å². The molecular weight excluding hydrogens is 426 g/mol. The summed E-state index contributed by atoms with van der Waals surface area (Å²) in [5.41, 5.74) is 1.88. The van der Waals surface area contributed by atoms with Crippen LogP contribution < -0.4 is 10.6 Å². The van der Waals surface area contributed by atoms with E-state index in [9.17, 15) is 19.2 Å². The van der Waals surface area contributed by atoms with E-state index < -0.39 is 5.91 Å². The number of rotatable bonds is 7. The van der Waals surface area contributed by atoms with Crippen LogP contribution >= 0.6 is 11.3 Å². The standard InChI is InChI=1S/C24H21N3O4S/c1-2-3-11-27-23(30)18-10-9-15(13-19(18)24(27)31)21(28)25-16-6-4-7-17(14-16)26-22(29)20-8-5-12-32-20/h4-10,12-14H,2-3,11H2,1H3,(H,25,28)(H,26,29). The van der Waals surface area contributed by atoms with Crippen molar-refractivity contribution in [3.05, 3.63) is 81.5 Å². The molecule has 2 heterocycles. The van der Waals surface area contributed by atoms with Crippen LogP contribution in [0.15, 0.2) is 60.0 Å². The maximum absolute atomic E-state index is 12.8. The van der Waals surface area contributed by atoms with Gasteiger partial charge in [0.2, 0.25) is 0 Å². The molecule has 1 aromatic heterocycles. The summed E-state index contributed by atoms with van der Waals surface area (Å²) in [6, 6.07) is 14.8. The molecule has 0 saturated heterocycles. The van der Waals surface area contributed by atoms with E-state index in [1.54, 1.807) is 36.4 Å². The fourth-order valence-electron chi connectivity index (χ4n) is 3.43. The van der Waals surface area contributed by atoms with Gasteiger partial charge in [-0.1, -0.05) is 25.5 Å². The zero-order chi connectivity index (χ0) is 22.7. The second-order valence-electron chi connectivity index (χ2n) is 7.34. The van der Waals surface area contributed by atoms with Crippen LogP contribution in [0.1, 0.15) is 60.5 Å². The summed E-state index contributed by atoms with van der Waals surface area (Å²) >= 11 is 1.34. The van der Waals surface area contributed by atoms with Crippen LogP contribution in [-0.4, -0.2) is 35.1 Å². The molecule has 0 unspecified atom stereocenters. The summed E-state index contributed by atoms with van der Waals surface area (Å²) < 4.78 is 0. The van der Waals surface area contributed by atoms with Crippen molar-refractivity contribution in [1.29, 1.82) is 0 Å². The highest BCUT2D eigenvalue weighted by molar-refractivity contribution is 7.12. The molecule has 3 aromatic rings. The molecule has 0 fully saturated rings. The smallest absolute Gasteiger partial charge is 0.265 e. The Hall–Kier alpha value is -3.78. The van der Waals surface area contributed by atoms with E-state index in [0.29, 0.717) is 28.4 Å². The number of thiophene rings is 1. The number of hydrogen-bond acceptors (Lipinski definition) is 5. The number of fused-ring (bicyclic) bond motifs is 1. The number of amides is 4. The predicted octanol–water partition coefficient (Wildman–Crippen LogP) is 4.65. The molecule has 8 heteroatoms. The van der Waals surface area contributed by atoms with E-state index in [1.165, 1.54) is 34.4 Å². The van der Waals surface area contributed by atoms with Crippen molar-refractivity contribution < 1.29 is 19.2 Å². The third-order valence-corrected chi connectivity index (χ3v) is 5.96. The molecular formula is C24H21N3O4S. The predicted molar refractivity (Wildman–Crippen MR) is 123 cm³/mol. The van der Waals surface area contributed by atoms with Crippen LogP contribution in [0, 0.1) is 0 Å². The maximum Gasteiger partial charge on any atom is 0.265 e. The molecule has 32 heavy (non-hydrogen) atoms. The lowest BCUT2D eigenvalue weighted by Crippen LogP contribution is -2.30. The molecule has 1 aliphatic heterocycles. The van der Waals surface area contributed by atoms with Crippen molar-refractivity contribution in [3.8, 4) is 0 Å². The van der Waals surface area contributed by atoms with Crippen LogP contribution in [0.25, 0.3) is 0 Å². The Bertz CT molecular complexity index is 1200. The lowest BCUT2D eigenvalue weighted by atomic mass is 10.1. The fourth-order valence-corrected chi connectivity index (χ4v) is 4.05. The first-order valence-electron chi connectivity index (χ1n) is 10.2. The van der Waals surface area contributed by atoms with Crippen molar-refractivity contribution in [2.24, 2.45) is 0 Å². The van der Waals surface area contributed by atoms with Gasteiger partial charge in [0.05, 0.1) is 16.0 Å². The second kappa shape index (κ2) is 9.15. The van der Waals surface area contributed by atoms with Crippen molar-refractivity contribution in [1.82, 2.24) is 4.90 Å². The zero-order valence-corrected chi connectivity index (χ0v) is 18.2. The van der Waals surface area contributed by atoms with Crippen LogP contribution in [0.5, 0.6) is 0 Å². The van der Waals surface area contributed by atoms with Gasteiger partial charge in [-0.25, -0.2) is 0 Å². The number of carbonyl (C=O) groups is 4. The van der Waals surface area contributed by atoms with Gasteiger partial charge in [0.1, 0.15) is 0 Å². The van der Waals surface area contributed by atoms with Crippen molar-refractivity contribution in [2.75, 3.05) is 17.2 Å². The number of anilines is 2. The van der Waals surface area contributed by atoms with E-state index >= 15 is 0 Å². The lowest BCUT2D eigenvalue weighted by Gasteiger charge is -2.12. The average Bonchev–Trinajstić information content (AvgIpc) is 3.41. The molecule has 0 radical (unpaired) electrons. The lowest BCUT2D eigenvalue weighted by molar-refractivity contribution is 0.0652. The highest BCUT2D eigenvalue weighted by Gasteiger charge is 2.35. The molecule has 0 bridgehead atoms. The molecule has 0 saturated carbocycles. The molecule has 7 nitrogen and oxygen atoms in total. The summed E-state index contributed by atoms with van der Waals surface area (Å²) in [6.45, 7) is 2.36. The van der Waals surface area contributed by atoms with Crippen molar-refractivity contribution in [2.45, 2.75) is 19.8 Å². The number of carbonyl (C=O) groups excluding carboxylic acids is 4. The molecule has 0 atom stereocenters. The minimum atomic E-state index is -0.415. The molecule has 2 aromatic carbocycles. The van der Waals surface area contributed by atoms with Gasteiger partial charge < -0.3 is 10.6 Å². The van der Waals surface area contributed by atoms with Crippen LogP contribution in [0.4, 0.5) is 11.4 Å². The van der Waals surface area contributed by atoms with Gasteiger partial charge in [-0.3, -0.25) is 24.1 Å². The van der Waals surface area contributed by atoms with E-state index in [1.807, 2.05) is 12.3 Å². The normalized spacial score (nSPS) is 12.6. The molecule has 4 rings (SSSR count). The number of hydrogen-bond donors (Lipinski definition) is 2. The average molecular weight is 448 g/mol. The third kappa shape index (κ3) is 4.31. The van der Waals surface area contributed by atoms with Gasteiger partial charge >= 0.3 is 0 Å². The molecule has 0 aliphatic carbocycles.